The fraction of sp³-hybridized carbons (Fsp3) is 0.192. The molecule has 1 aliphatic rings. The number of ketones is 1. The molecule has 1 saturated heterocycles. The summed E-state index contributed by atoms with van der Waals surface area (Å²) in [5, 5.41) is 12.8. The molecule has 2 atom stereocenters. The molecular formula is C26H24N2O4. The van der Waals surface area contributed by atoms with Crippen molar-refractivity contribution in [2.45, 2.75) is 25.1 Å². The Balaban J connectivity index is 1.44. The van der Waals surface area contributed by atoms with Crippen LogP contribution in [0.5, 0.6) is 0 Å². The minimum atomic E-state index is -1.11. The van der Waals surface area contributed by atoms with Gasteiger partial charge < -0.3 is 15.3 Å². The van der Waals surface area contributed by atoms with Gasteiger partial charge in [0.05, 0.1) is 6.54 Å². The van der Waals surface area contributed by atoms with E-state index in [0.29, 0.717) is 5.56 Å². The van der Waals surface area contributed by atoms with Crippen LogP contribution in [0.1, 0.15) is 22.3 Å². The van der Waals surface area contributed by atoms with Crippen LogP contribution in [0, 0.1) is 0 Å². The lowest BCUT2D eigenvalue weighted by Gasteiger charge is -2.24. The van der Waals surface area contributed by atoms with Gasteiger partial charge in [0.1, 0.15) is 12.3 Å². The van der Waals surface area contributed by atoms with E-state index < -0.39 is 18.2 Å². The van der Waals surface area contributed by atoms with Gasteiger partial charge in [0.15, 0.2) is 5.78 Å². The van der Waals surface area contributed by atoms with Crippen molar-refractivity contribution in [3.8, 4) is 11.1 Å². The predicted octanol–water partition coefficient (Wildman–Crippen LogP) is 2.81. The van der Waals surface area contributed by atoms with Crippen LogP contribution in [-0.4, -0.2) is 46.4 Å². The molecule has 3 aromatic carbocycles. The fourth-order valence-corrected chi connectivity index (χ4v) is 3.89. The van der Waals surface area contributed by atoms with Gasteiger partial charge in [-0.15, -0.1) is 0 Å². The Bertz CT molecular complexity index is 1100. The molecule has 4 rings (SSSR count). The standard InChI is InChI=1S/C26H24N2O4/c29-22-16-23(25(31)27-24(30)15-18-7-3-1-4-8-18)28(17-22)26(32)21-13-11-20(12-14-21)19-9-5-2-6-10-19/h1-14,23-24,30H,15-17H2,(H,27,31)/t23-,24?/m0/s1. The van der Waals surface area contributed by atoms with Gasteiger partial charge >= 0.3 is 0 Å². The van der Waals surface area contributed by atoms with Gasteiger partial charge in [-0.1, -0.05) is 72.8 Å². The average molecular weight is 428 g/mol. The maximum atomic E-state index is 13.1. The first kappa shape index (κ1) is 21.5. The summed E-state index contributed by atoms with van der Waals surface area (Å²) in [5.41, 5.74) is 3.28. The van der Waals surface area contributed by atoms with Crippen molar-refractivity contribution < 1.29 is 19.5 Å². The molecule has 6 nitrogen and oxygen atoms in total. The number of amides is 2. The third-order valence-corrected chi connectivity index (χ3v) is 5.53. The molecule has 1 aliphatic heterocycles. The van der Waals surface area contributed by atoms with Crippen LogP contribution in [-0.2, 0) is 16.0 Å². The van der Waals surface area contributed by atoms with Crippen LogP contribution >= 0.6 is 0 Å². The van der Waals surface area contributed by atoms with Crippen molar-refractivity contribution in [3.63, 3.8) is 0 Å². The molecule has 1 unspecified atom stereocenters. The molecular weight excluding hydrogens is 404 g/mol. The summed E-state index contributed by atoms with van der Waals surface area (Å²) in [6, 6.07) is 25.2. The Morgan fingerprint density at radius 1 is 0.906 bits per heavy atom. The molecule has 2 N–H and O–H groups in total. The second-order valence-electron chi connectivity index (χ2n) is 7.85. The van der Waals surface area contributed by atoms with Gasteiger partial charge in [0, 0.05) is 18.4 Å². The number of aliphatic hydroxyl groups excluding tert-OH is 1. The highest BCUT2D eigenvalue weighted by Crippen LogP contribution is 2.22. The summed E-state index contributed by atoms with van der Waals surface area (Å²) < 4.78 is 0. The molecule has 1 fully saturated rings. The Hall–Kier alpha value is -3.77. The van der Waals surface area contributed by atoms with E-state index in [4.69, 9.17) is 0 Å². The molecule has 2 amide bonds. The number of likely N-dealkylation sites (tertiary alicyclic amines) is 1. The van der Waals surface area contributed by atoms with Crippen molar-refractivity contribution in [1.29, 1.82) is 0 Å². The summed E-state index contributed by atoms with van der Waals surface area (Å²) in [5.74, 6) is -1.10. The predicted molar refractivity (Wildman–Crippen MR) is 121 cm³/mol. The summed E-state index contributed by atoms with van der Waals surface area (Å²) in [6.45, 7) is -0.119. The van der Waals surface area contributed by atoms with Crippen molar-refractivity contribution >= 4 is 17.6 Å². The summed E-state index contributed by atoms with van der Waals surface area (Å²) >= 11 is 0. The van der Waals surface area contributed by atoms with E-state index in [9.17, 15) is 19.5 Å². The van der Waals surface area contributed by atoms with E-state index in [0.717, 1.165) is 16.7 Å². The van der Waals surface area contributed by atoms with E-state index in [-0.39, 0.29) is 31.1 Å². The van der Waals surface area contributed by atoms with Crippen LogP contribution < -0.4 is 5.32 Å². The van der Waals surface area contributed by atoms with E-state index in [1.54, 1.807) is 12.1 Å². The molecule has 6 heteroatoms. The molecule has 0 saturated carbocycles. The van der Waals surface area contributed by atoms with Gasteiger partial charge in [-0.25, -0.2) is 0 Å². The van der Waals surface area contributed by atoms with Crippen molar-refractivity contribution in [2.24, 2.45) is 0 Å². The average Bonchev–Trinajstić information content (AvgIpc) is 3.22. The number of carbonyl (C=O) groups is 3. The smallest absolute Gasteiger partial charge is 0.254 e. The lowest BCUT2D eigenvalue weighted by atomic mass is 10.0. The van der Waals surface area contributed by atoms with Crippen LogP contribution in [0.3, 0.4) is 0 Å². The summed E-state index contributed by atoms with van der Waals surface area (Å²) in [6.07, 6.45) is -0.928. The highest BCUT2D eigenvalue weighted by Gasteiger charge is 2.39. The van der Waals surface area contributed by atoms with Gasteiger partial charge in [0.2, 0.25) is 5.91 Å². The van der Waals surface area contributed by atoms with E-state index in [1.807, 2.05) is 72.8 Å². The summed E-state index contributed by atoms with van der Waals surface area (Å²) in [7, 11) is 0. The number of aliphatic hydroxyl groups is 1. The molecule has 32 heavy (non-hydrogen) atoms. The highest BCUT2D eigenvalue weighted by molar-refractivity contribution is 6.04. The van der Waals surface area contributed by atoms with E-state index in [2.05, 4.69) is 5.32 Å². The third-order valence-electron chi connectivity index (χ3n) is 5.53. The zero-order valence-electron chi connectivity index (χ0n) is 17.5. The number of Topliss-reactive ketones (excluding diaryl/α,β-unsaturated/α-hetero) is 1. The highest BCUT2D eigenvalue weighted by atomic mass is 16.3. The summed E-state index contributed by atoms with van der Waals surface area (Å²) in [4.78, 5) is 39.2. The van der Waals surface area contributed by atoms with Crippen LogP contribution in [0.4, 0.5) is 0 Å². The van der Waals surface area contributed by atoms with Gasteiger partial charge in [-0.3, -0.25) is 14.4 Å². The largest absolute Gasteiger partial charge is 0.373 e. The number of nitrogens with zero attached hydrogens (tertiary/aromatic N) is 1. The number of nitrogens with one attached hydrogen (secondary N) is 1. The second-order valence-corrected chi connectivity index (χ2v) is 7.85. The van der Waals surface area contributed by atoms with Crippen molar-refractivity contribution in [1.82, 2.24) is 10.2 Å². The monoisotopic (exact) mass is 428 g/mol. The minimum absolute atomic E-state index is 0.0578. The number of hydrogen-bond acceptors (Lipinski definition) is 4. The normalized spacial score (nSPS) is 16.6. The van der Waals surface area contributed by atoms with Gasteiger partial charge in [0.25, 0.3) is 5.91 Å². The third kappa shape index (κ3) is 4.92. The lowest BCUT2D eigenvalue weighted by molar-refractivity contribution is -0.128. The van der Waals surface area contributed by atoms with E-state index in [1.165, 1.54) is 4.90 Å². The van der Waals surface area contributed by atoms with Crippen LogP contribution in [0.2, 0.25) is 0 Å². The van der Waals surface area contributed by atoms with Gasteiger partial charge in [-0.2, -0.15) is 0 Å². The first-order chi connectivity index (χ1) is 15.5. The SMILES string of the molecule is O=C1C[C@@H](C(=O)NC(O)Cc2ccccc2)N(C(=O)c2ccc(-c3ccccc3)cc2)C1. The van der Waals surface area contributed by atoms with Crippen LogP contribution in [0.15, 0.2) is 84.9 Å². The van der Waals surface area contributed by atoms with Gasteiger partial charge in [-0.05, 0) is 28.8 Å². The zero-order valence-corrected chi connectivity index (χ0v) is 17.5. The fourth-order valence-electron chi connectivity index (χ4n) is 3.89. The molecule has 0 bridgehead atoms. The minimum Gasteiger partial charge on any atom is -0.373 e. The van der Waals surface area contributed by atoms with E-state index >= 15 is 0 Å². The maximum absolute atomic E-state index is 13.1. The molecule has 3 aromatic rings. The quantitative estimate of drug-likeness (QED) is 0.591. The molecule has 0 aromatic heterocycles. The first-order valence-corrected chi connectivity index (χ1v) is 10.5. The number of benzene rings is 3. The topological polar surface area (TPSA) is 86.7 Å². The molecule has 0 radical (unpaired) electrons. The first-order valence-electron chi connectivity index (χ1n) is 10.5. The second kappa shape index (κ2) is 9.58. The Morgan fingerprint density at radius 3 is 2.16 bits per heavy atom. The van der Waals surface area contributed by atoms with Crippen LogP contribution in [0.25, 0.3) is 11.1 Å². The number of hydrogen-bond donors (Lipinski definition) is 2. The Kier molecular flexibility index (Phi) is 6.42. The number of carbonyl (C=O) groups excluding carboxylic acids is 3. The van der Waals surface area contributed by atoms with Crippen molar-refractivity contribution in [3.05, 3.63) is 96.1 Å². The zero-order chi connectivity index (χ0) is 22.5. The molecule has 0 spiro atoms. The lowest BCUT2D eigenvalue weighted by Crippen LogP contribution is -2.49. The molecule has 0 aliphatic carbocycles. The maximum Gasteiger partial charge on any atom is 0.254 e. The Morgan fingerprint density at radius 2 is 1.50 bits per heavy atom. The molecule has 162 valence electrons. The Labute approximate surface area is 186 Å². The molecule has 1 heterocycles. The number of rotatable bonds is 6. The van der Waals surface area contributed by atoms with Crippen molar-refractivity contribution in [2.75, 3.05) is 6.54 Å².